The quantitative estimate of drug-likeness (QED) is 0.511. The van der Waals surface area contributed by atoms with Gasteiger partial charge in [-0.25, -0.2) is 9.97 Å². The fraction of sp³-hybridized carbons (Fsp3) is 0.304. The first-order chi connectivity index (χ1) is 15.5. The van der Waals surface area contributed by atoms with E-state index in [9.17, 15) is 4.21 Å². The largest absolute Gasteiger partial charge is 0.377 e. The van der Waals surface area contributed by atoms with E-state index >= 15 is 0 Å². The summed E-state index contributed by atoms with van der Waals surface area (Å²) >= 11 is 0. The Hall–Kier alpha value is -3.17. The second kappa shape index (κ2) is 8.40. The van der Waals surface area contributed by atoms with Gasteiger partial charge in [0.1, 0.15) is 22.1 Å². The Labute approximate surface area is 188 Å². The number of ether oxygens (including phenoxy) is 1. The standard InChI is InChI=1S/C23H24N6O2S/c1-14-13-31-11-10-29(14)20-12-18(16-4-5-21(32(3)30)26-15(16)2)17-6-8-24-23(22(17)27-20)19-7-9-25-28-19/h4-9,12,14H,10-11,13H2,1-3H3,(H,25,28). The van der Waals surface area contributed by atoms with Gasteiger partial charge in [-0.15, -0.1) is 0 Å². The summed E-state index contributed by atoms with van der Waals surface area (Å²) in [5.41, 5.74) is 5.19. The van der Waals surface area contributed by atoms with Crippen LogP contribution in [0.5, 0.6) is 0 Å². The van der Waals surface area contributed by atoms with Crippen LogP contribution in [0.4, 0.5) is 5.82 Å². The summed E-state index contributed by atoms with van der Waals surface area (Å²) < 4.78 is 17.6. The Bertz CT molecular complexity index is 1310. The zero-order valence-electron chi connectivity index (χ0n) is 18.2. The van der Waals surface area contributed by atoms with Crippen molar-refractivity contribution in [2.24, 2.45) is 0 Å². The number of hydrogen-bond acceptors (Lipinski definition) is 7. The van der Waals surface area contributed by atoms with Crippen molar-refractivity contribution in [3.05, 3.63) is 48.4 Å². The highest BCUT2D eigenvalue weighted by Gasteiger charge is 2.23. The van der Waals surface area contributed by atoms with Gasteiger partial charge in [-0.3, -0.25) is 14.3 Å². The zero-order chi connectivity index (χ0) is 22.2. The van der Waals surface area contributed by atoms with E-state index in [1.807, 2.05) is 31.2 Å². The van der Waals surface area contributed by atoms with Crippen LogP contribution in [-0.4, -0.2) is 61.4 Å². The highest BCUT2D eigenvalue weighted by molar-refractivity contribution is 7.84. The molecule has 0 bridgehead atoms. The summed E-state index contributed by atoms with van der Waals surface area (Å²) in [6, 6.07) is 10.0. The van der Waals surface area contributed by atoms with Crippen LogP contribution in [0.3, 0.4) is 0 Å². The molecular weight excluding hydrogens is 424 g/mol. The molecule has 8 nitrogen and oxygen atoms in total. The van der Waals surface area contributed by atoms with E-state index in [0.717, 1.165) is 51.5 Å². The molecule has 4 aromatic rings. The lowest BCUT2D eigenvalue weighted by atomic mass is 9.99. The summed E-state index contributed by atoms with van der Waals surface area (Å²) in [7, 11) is -1.13. The van der Waals surface area contributed by atoms with Crippen LogP contribution >= 0.6 is 0 Å². The number of pyridine rings is 3. The average molecular weight is 449 g/mol. The summed E-state index contributed by atoms with van der Waals surface area (Å²) in [4.78, 5) is 16.5. The van der Waals surface area contributed by atoms with Crippen molar-refractivity contribution in [3.8, 4) is 22.5 Å². The Morgan fingerprint density at radius 1 is 1.16 bits per heavy atom. The van der Waals surface area contributed by atoms with Gasteiger partial charge in [-0.1, -0.05) is 0 Å². The Kier molecular flexibility index (Phi) is 5.44. The molecule has 1 fully saturated rings. The average Bonchev–Trinajstić information content (AvgIpc) is 3.33. The first-order valence-corrected chi connectivity index (χ1v) is 12.0. The number of nitrogens with zero attached hydrogens (tertiary/aromatic N) is 5. The normalized spacial score (nSPS) is 17.6. The molecule has 164 valence electrons. The maximum Gasteiger partial charge on any atom is 0.130 e. The summed E-state index contributed by atoms with van der Waals surface area (Å²) in [5, 5.41) is 8.66. The van der Waals surface area contributed by atoms with Crippen molar-refractivity contribution >= 4 is 27.5 Å². The van der Waals surface area contributed by atoms with Crippen molar-refractivity contribution in [1.29, 1.82) is 0 Å². The van der Waals surface area contributed by atoms with Gasteiger partial charge in [0.2, 0.25) is 0 Å². The van der Waals surface area contributed by atoms with Crippen LogP contribution in [0.1, 0.15) is 12.6 Å². The molecule has 0 saturated carbocycles. The van der Waals surface area contributed by atoms with Crippen LogP contribution in [0.25, 0.3) is 33.4 Å². The third-order valence-electron chi connectivity index (χ3n) is 5.78. The topological polar surface area (TPSA) is 96.9 Å². The number of nitrogens with one attached hydrogen (secondary N) is 1. The third kappa shape index (κ3) is 3.67. The lowest BCUT2D eigenvalue weighted by Crippen LogP contribution is -2.44. The molecule has 5 heterocycles. The van der Waals surface area contributed by atoms with Crippen LogP contribution in [0.2, 0.25) is 0 Å². The number of aromatic nitrogens is 5. The van der Waals surface area contributed by atoms with Crippen LogP contribution in [0, 0.1) is 6.92 Å². The van der Waals surface area contributed by atoms with Crippen LogP contribution in [-0.2, 0) is 15.5 Å². The molecule has 2 unspecified atom stereocenters. The fourth-order valence-electron chi connectivity index (χ4n) is 4.14. The molecule has 9 heteroatoms. The molecular formula is C23H24N6O2S. The van der Waals surface area contributed by atoms with Gasteiger partial charge in [0.05, 0.1) is 35.7 Å². The molecule has 0 aromatic carbocycles. The van der Waals surface area contributed by atoms with Crippen molar-refractivity contribution in [2.75, 3.05) is 30.9 Å². The molecule has 0 radical (unpaired) electrons. The number of hydrogen-bond donors (Lipinski definition) is 1. The van der Waals surface area contributed by atoms with Crippen LogP contribution < -0.4 is 4.90 Å². The van der Waals surface area contributed by atoms with Gasteiger partial charge in [-0.05, 0) is 49.7 Å². The fourth-order valence-corrected chi connectivity index (χ4v) is 4.67. The lowest BCUT2D eigenvalue weighted by molar-refractivity contribution is 0.0986. The minimum atomic E-state index is -1.13. The minimum absolute atomic E-state index is 0.206. The highest BCUT2D eigenvalue weighted by atomic mass is 32.2. The third-order valence-corrected chi connectivity index (χ3v) is 6.59. The number of morpholine rings is 1. The summed E-state index contributed by atoms with van der Waals surface area (Å²) in [6.45, 7) is 6.18. The van der Waals surface area contributed by atoms with Gasteiger partial charge in [-0.2, -0.15) is 5.10 Å². The number of rotatable bonds is 4. The van der Waals surface area contributed by atoms with Gasteiger partial charge in [0.25, 0.3) is 0 Å². The van der Waals surface area contributed by atoms with E-state index < -0.39 is 10.8 Å². The number of aromatic amines is 1. The predicted octanol–water partition coefficient (Wildman–Crippen LogP) is 3.35. The lowest BCUT2D eigenvalue weighted by Gasteiger charge is -2.34. The van der Waals surface area contributed by atoms with E-state index in [0.29, 0.717) is 18.2 Å². The van der Waals surface area contributed by atoms with Gasteiger partial charge in [0, 0.05) is 41.8 Å². The molecule has 0 spiro atoms. The maximum absolute atomic E-state index is 11.9. The van der Waals surface area contributed by atoms with E-state index in [2.05, 4.69) is 38.1 Å². The summed E-state index contributed by atoms with van der Waals surface area (Å²) in [6.07, 6.45) is 5.14. The molecule has 4 aromatic heterocycles. The van der Waals surface area contributed by atoms with E-state index in [1.54, 1.807) is 18.6 Å². The predicted molar refractivity (Wildman–Crippen MR) is 125 cm³/mol. The Morgan fingerprint density at radius 3 is 2.75 bits per heavy atom. The van der Waals surface area contributed by atoms with E-state index in [4.69, 9.17) is 9.72 Å². The van der Waals surface area contributed by atoms with Gasteiger partial charge >= 0.3 is 0 Å². The van der Waals surface area contributed by atoms with Crippen LogP contribution in [0.15, 0.2) is 47.8 Å². The van der Waals surface area contributed by atoms with Crippen molar-refractivity contribution in [2.45, 2.75) is 24.9 Å². The first-order valence-electron chi connectivity index (χ1n) is 10.5. The number of fused-ring (bicyclic) bond motifs is 1. The summed E-state index contributed by atoms with van der Waals surface area (Å²) in [5.74, 6) is 0.875. The molecule has 32 heavy (non-hydrogen) atoms. The molecule has 5 rings (SSSR count). The second-order valence-corrected chi connectivity index (χ2v) is 9.23. The zero-order valence-corrected chi connectivity index (χ0v) is 19.0. The van der Waals surface area contributed by atoms with Crippen molar-refractivity contribution in [3.63, 3.8) is 0 Å². The van der Waals surface area contributed by atoms with Gasteiger partial charge in [0.15, 0.2) is 0 Å². The molecule has 2 atom stereocenters. The Balaban J connectivity index is 1.78. The second-order valence-electron chi connectivity index (χ2n) is 7.91. The number of H-pyrrole nitrogens is 1. The first kappa shape index (κ1) is 20.7. The molecule has 1 saturated heterocycles. The molecule has 0 amide bonds. The SMILES string of the molecule is Cc1nc(S(C)=O)ccc1-c1cc(N2CCOCC2C)nc2c(-c3ccn[nH]3)nccc12. The minimum Gasteiger partial charge on any atom is -0.377 e. The van der Waals surface area contributed by atoms with Gasteiger partial charge < -0.3 is 9.64 Å². The van der Waals surface area contributed by atoms with Crippen molar-refractivity contribution in [1.82, 2.24) is 25.1 Å². The molecule has 1 aliphatic rings. The molecule has 0 aliphatic carbocycles. The van der Waals surface area contributed by atoms with E-state index in [1.165, 1.54) is 0 Å². The smallest absolute Gasteiger partial charge is 0.130 e. The monoisotopic (exact) mass is 448 g/mol. The maximum atomic E-state index is 11.9. The molecule has 1 aliphatic heterocycles. The number of anilines is 1. The highest BCUT2D eigenvalue weighted by Crippen LogP contribution is 2.36. The van der Waals surface area contributed by atoms with E-state index in [-0.39, 0.29) is 6.04 Å². The Morgan fingerprint density at radius 2 is 2.03 bits per heavy atom. The van der Waals surface area contributed by atoms with Crippen molar-refractivity contribution < 1.29 is 8.95 Å². The molecule has 1 N–H and O–H groups in total. The number of aryl methyl sites for hydroxylation is 1.